The van der Waals surface area contributed by atoms with Gasteiger partial charge in [0.15, 0.2) is 0 Å². The van der Waals surface area contributed by atoms with E-state index in [1.165, 1.54) is 0 Å². The van der Waals surface area contributed by atoms with Crippen LogP contribution in [0.2, 0.25) is 0 Å². The molecule has 0 aliphatic heterocycles. The third-order valence-electron chi connectivity index (χ3n) is 3.54. The fourth-order valence-electron chi connectivity index (χ4n) is 2.31. The molecule has 4 nitrogen and oxygen atoms in total. The number of carbonyl (C=O) groups is 1. The molecular formula is C13H22N2O2. The molecule has 4 heteroatoms. The van der Waals surface area contributed by atoms with Crippen LogP contribution >= 0.6 is 0 Å². The Morgan fingerprint density at radius 2 is 2.00 bits per heavy atom. The van der Waals surface area contributed by atoms with Crippen molar-refractivity contribution in [2.75, 3.05) is 6.61 Å². The molecule has 2 N–H and O–H groups in total. The molecule has 0 aromatic rings. The fraction of sp³-hybridized carbons (Fsp3) is 0.846. The molecule has 1 amide bonds. The Bertz CT molecular complexity index is 312. The van der Waals surface area contributed by atoms with Gasteiger partial charge in [0, 0.05) is 12.1 Å². The first-order chi connectivity index (χ1) is 7.96. The molecule has 0 aromatic carbocycles. The van der Waals surface area contributed by atoms with Crippen LogP contribution in [0.5, 0.6) is 0 Å². The molecule has 1 rings (SSSR count). The normalized spacial score (nSPS) is 19.4. The molecule has 0 aromatic heterocycles. The number of nitriles is 1. The predicted octanol–water partition coefficient (Wildman–Crippen LogP) is 1.74. The van der Waals surface area contributed by atoms with Crippen LogP contribution in [0.3, 0.4) is 0 Å². The number of rotatable bonds is 4. The largest absolute Gasteiger partial charge is 0.396 e. The van der Waals surface area contributed by atoms with Gasteiger partial charge in [-0.25, -0.2) is 0 Å². The maximum atomic E-state index is 12.2. The van der Waals surface area contributed by atoms with Gasteiger partial charge in [-0.05, 0) is 33.1 Å². The van der Waals surface area contributed by atoms with E-state index in [-0.39, 0.29) is 12.5 Å². The van der Waals surface area contributed by atoms with Crippen molar-refractivity contribution in [2.45, 2.75) is 57.9 Å². The van der Waals surface area contributed by atoms with E-state index in [2.05, 4.69) is 11.4 Å². The monoisotopic (exact) mass is 238 g/mol. The van der Waals surface area contributed by atoms with Gasteiger partial charge in [-0.2, -0.15) is 5.26 Å². The quantitative estimate of drug-likeness (QED) is 0.783. The van der Waals surface area contributed by atoms with Gasteiger partial charge in [-0.3, -0.25) is 4.79 Å². The van der Waals surface area contributed by atoms with Crippen molar-refractivity contribution in [1.29, 1.82) is 5.26 Å². The van der Waals surface area contributed by atoms with Gasteiger partial charge in [-0.1, -0.05) is 19.3 Å². The highest BCUT2D eigenvalue weighted by molar-refractivity contribution is 5.86. The lowest BCUT2D eigenvalue weighted by atomic mass is 9.74. The second-order valence-corrected chi connectivity index (χ2v) is 5.57. The standard InChI is InChI=1S/C13H22N2O2/c1-12(2,8-9-16)15-11(17)13(10-14)6-4-3-5-7-13/h16H,3-9H2,1-2H3,(H,15,17). The molecule has 1 aliphatic rings. The topological polar surface area (TPSA) is 73.1 Å². The van der Waals surface area contributed by atoms with Crippen molar-refractivity contribution in [1.82, 2.24) is 5.32 Å². The van der Waals surface area contributed by atoms with Gasteiger partial charge >= 0.3 is 0 Å². The summed E-state index contributed by atoms with van der Waals surface area (Å²) in [4.78, 5) is 12.2. The fourth-order valence-corrected chi connectivity index (χ4v) is 2.31. The zero-order chi connectivity index (χ0) is 12.9. The lowest BCUT2D eigenvalue weighted by Gasteiger charge is -2.34. The van der Waals surface area contributed by atoms with E-state index in [9.17, 15) is 10.1 Å². The molecule has 1 aliphatic carbocycles. The smallest absolute Gasteiger partial charge is 0.240 e. The molecule has 0 spiro atoms. The van der Waals surface area contributed by atoms with Crippen LogP contribution in [0.15, 0.2) is 0 Å². The van der Waals surface area contributed by atoms with Crippen molar-refractivity contribution in [3.63, 3.8) is 0 Å². The van der Waals surface area contributed by atoms with E-state index in [1.807, 2.05) is 13.8 Å². The molecule has 96 valence electrons. The Balaban J connectivity index is 2.70. The first-order valence-electron chi connectivity index (χ1n) is 6.30. The molecule has 0 radical (unpaired) electrons. The number of hydrogen-bond acceptors (Lipinski definition) is 3. The first-order valence-corrected chi connectivity index (χ1v) is 6.30. The summed E-state index contributed by atoms with van der Waals surface area (Å²) in [5, 5.41) is 21.1. The SMILES string of the molecule is CC(C)(CCO)NC(=O)C1(C#N)CCCCC1. The maximum absolute atomic E-state index is 12.2. The summed E-state index contributed by atoms with van der Waals surface area (Å²) < 4.78 is 0. The van der Waals surface area contributed by atoms with Gasteiger partial charge in [-0.15, -0.1) is 0 Å². The third-order valence-corrected chi connectivity index (χ3v) is 3.54. The minimum atomic E-state index is -0.842. The van der Waals surface area contributed by atoms with E-state index in [1.54, 1.807) is 0 Å². The number of aliphatic hydroxyl groups is 1. The van der Waals surface area contributed by atoms with Crippen molar-refractivity contribution >= 4 is 5.91 Å². The highest BCUT2D eigenvalue weighted by atomic mass is 16.3. The molecule has 17 heavy (non-hydrogen) atoms. The summed E-state index contributed by atoms with van der Waals surface area (Å²) in [5.74, 6) is -0.168. The van der Waals surface area contributed by atoms with Crippen molar-refractivity contribution in [3.8, 4) is 6.07 Å². The third kappa shape index (κ3) is 3.44. The van der Waals surface area contributed by atoms with Crippen LogP contribution < -0.4 is 5.32 Å². The van der Waals surface area contributed by atoms with Crippen LogP contribution in [0.1, 0.15) is 52.4 Å². The Morgan fingerprint density at radius 1 is 1.41 bits per heavy atom. The second kappa shape index (κ2) is 5.50. The average molecular weight is 238 g/mol. The van der Waals surface area contributed by atoms with Crippen molar-refractivity contribution < 1.29 is 9.90 Å². The molecule has 1 saturated carbocycles. The van der Waals surface area contributed by atoms with Gasteiger partial charge in [0.2, 0.25) is 5.91 Å². The lowest BCUT2D eigenvalue weighted by Crippen LogP contribution is -2.51. The summed E-state index contributed by atoms with van der Waals surface area (Å²) in [6.45, 7) is 3.77. The second-order valence-electron chi connectivity index (χ2n) is 5.57. The van der Waals surface area contributed by atoms with Gasteiger partial charge in [0.1, 0.15) is 5.41 Å². The highest BCUT2D eigenvalue weighted by Crippen LogP contribution is 2.36. The molecule has 0 heterocycles. The summed E-state index contributed by atoms with van der Waals surface area (Å²) in [6.07, 6.45) is 4.81. The van der Waals surface area contributed by atoms with Crippen LogP contribution in [0.4, 0.5) is 0 Å². The highest BCUT2D eigenvalue weighted by Gasteiger charge is 2.41. The zero-order valence-corrected chi connectivity index (χ0v) is 10.8. The Labute approximate surface area is 103 Å². The van der Waals surface area contributed by atoms with Crippen LogP contribution in [0, 0.1) is 16.7 Å². The Morgan fingerprint density at radius 3 is 2.47 bits per heavy atom. The number of hydrogen-bond donors (Lipinski definition) is 2. The molecular weight excluding hydrogens is 216 g/mol. The molecule has 0 unspecified atom stereocenters. The number of nitrogens with zero attached hydrogens (tertiary/aromatic N) is 1. The van der Waals surface area contributed by atoms with Crippen LogP contribution in [0.25, 0.3) is 0 Å². The first kappa shape index (κ1) is 14.0. The predicted molar refractivity (Wildman–Crippen MR) is 65.1 cm³/mol. The molecule has 0 atom stereocenters. The number of nitrogens with one attached hydrogen (secondary N) is 1. The van der Waals surface area contributed by atoms with E-state index in [0.717, 1.165) is 19.3 Å². The van der Waals surface area contributed by atoms with E-state index in [0.29, 0.717) is 19.3 Å². The Kier molecular flexibility index (Phi) is 4.53. The lowest BCUT2D eigenvalue weighted by molar-refractivity contribution is -0.131. The van der Waals surface area contributed by atoms with Crippen LogP contribution in [-0.4, -0.2) is 23.2 Å². The average Bonchev–Trinajstić information content (AvgIpc) is 2.29. The molecule has 0 saturated heterocycles. The van der Waals surface area contributed by atoms with Gasteiger partial charge in [0.25, 0.3) is 0 Å². The number of aliphatic hydroxyl groups excluding tert-OH is 1. The summed E-state index contributed by atoms with van der Waals surface area (Å²) in [6, 6.07) is 2.21. The van der Waals surface area contributed by atoms with E-state index < -0.39 is 11.0 Å². The van der Waals surface area contributed by atoms with Crippen molar-refractivity contribution in [2.24, 2.45) is 5.41 Å². The Hall–Kier alpha value is -1.08. The van der Waals surface area contributed by atoms with Gasteiger partial charge < -0.3 is 10.4 Å². The van der Waals surface area contributed by atoms with Crippen LogP contribution in [-0.2, 0) is 4.79 Å². The van der Waals surface area contributed by atoms with E-state index >= 15 is 0 Å². The van der Waals surface area contributed by atoms with E-state index in [4.69, 9.17) is 5.11 Å². The van der Waals surface area contributed by atoms with Crippen molar-refractivity contribution in [3.05, 3.63) is 0 Å². The maximum Gasteiger partial charge on any atom is 0.240 e. The molecule has 1 fully saturated rings. The number of carbonyl (C=O) groups excluding carboxylic acids is 1. The molecule has 0 bridgehead atoms. The summed E-state index contributed by atoms with van der Waals surface area (Å²) in [7, 11) is 0. The minimum Gasteiger partial charge on any atom is -0.396 e. The number of amides is 1. The zero-order valence-electron chi connectivity index (χ0n) is 10.8. The van der Waals surface area contributed by atoms with Gasteiger partial charge in [0.05, 0.1) is 6.07 Å². The summed E-state index contributed by atoms with van der Waals surface area (Å²) in [5.41, 5.74) is -1.29. The summed E-state index contributed by atoms with van der Waals surface area (Å²) >= 11 is 0. The minimum absolute atomic E-state index is 0.0346.